The zero-order chi connectivity index (χ0) is 32.4. The maximum atomic E-state index is 14.5. The van der Waals surface area contributed by atoms with Crippen LogP contribution in [0.1, 0.15) is 36.9 Å². The van der Waals surface area contributed by atoms with Crippen molar-refractivity contribution in [3.8, 4) is 11.3 Å². The minimum absolute atomic E-state index is 0.142. The Bertz CT molecular complexity index is 1930. The van der Waals surface area contributed by atoms with Crippen LogP contribution in [-0.2, 0) is 28.0 Å². The number of aryl methyl sites for hydroxylation is 1. The molecule has 1 fully saturated rings. The smallest absolute Gasteiger partial charge is 0.310 e. The van der Waals surface area contributed by atoms with Gasteiger partial charge in [0.05, 0.1) is 22.0 Å². The van der Waals surface area contributed by atoms with Crippen LogP contribution in [0.25, 0.3) is 11.3 Å². The Morgan fingerprint density at radius 1 is 1.02 bits per heavy atom. The van der Waals surface area contributed by atoms with Gasteiger partial charge in [0.25, 0.3) is 10.0 Å². The van der Waals surface area contributed by atoms with E-state index in [2.05, 4.69) is 15.1 Å². The number of halogens is 6. The van der Waals surface area contributed by atoms with Gasteiger partial charge in [-0.1, -0.05) is 18.5 Å². The standard InChI is InChI=1S/C28H23ClF5N7O3S/c1-14-13-41(27-35-11-15(12-36-27)21-10-23(28(32,33)34)37-39(21)2)26-18(14)8-17(9-22(26)40-5-3-4-24(40)42)45(43,44)38-25-19(30)6-16(29)7-20(25)31/h6-12,14,38H,3-5,13H2,1-2H3/t14-/m1/s1. The van der Waals surface area contributed by atoms with Crippen molar-refractivity contribution in [3.63, 3.8) is 0 Å². The second kappa shape index (κ2) is 10.9. The number of anilines is 4. The van der Waals surface area contributed by atoms with E-state index in [0.717, 1.165) is 22.9 Å². The fraction of sp³-hybridized carbons (Fsp3) is 0.286. The van der Waals surface area contributed by atoms with Crippen LogP contribution in [0.15, 0.2) is 47.6 Å². The molecule has 6 rings (SSSR count). The highest BCUT2D eigenvalue weighted by molar-refractivity contribution is 7.92. The summed E-state index contributed by atoms with van der Waals surface area (Å²) in [5.41, 5.74) is -0.326. The normalized spacial score (nSPS) is 16.9. The molecule has 1 amide bonds. The Morgan fingerprint density at radius 3 is 2.27 bits per heavy atom. The van der Waals surface area contributed by atoms with Gasteiger partial charge in [-0.05, 0) is 42.3 Å². The molecule has 2 aliphatic heterocycles. The van der Waals surface area contributed by atoms with Gasteiger partial charge in [0, 0.05) is 55.5 Å². The summed E-state index contributed by atoms with van der Waals surface area (Å²) in [5, 5.41) is 3.26. The number of hydrogen-bond acceptors (Lipinski definition) is 7. The molecule has 0 saturated carbocycles. The minimum atomic E-state index is -4.63. The fourth-order valence-corrected chi connectivity index (χ4v) is 6.82. The number of aromatic nitrogens is 4. The Hall–Kier alpha value is -4.31. The van der Waals surface area contributed by atoms with Gasteiger partial charge in [0.2, 0.25) is 11.9 Å². The highest BCUT2D eigenvalue weighted by Crippen LogP contribution is 2.48. The molecule has 17 heteroatoms. The SMILES string of the molecule is C[C@@H]1CN(c2ncc(-c3cc(C(F)(F)F)nn3C)cn2)c2c1cc(S(=O)(=O)Nc1c(F)cc(Cl)cc1F)cc2N1CCCC1=O. The highest BCUT2D eigenvalue weighted by atomic mass is 35.5. The van der Waals surface area contributed by atoms with Crippen LogP contribution in [0, 0.1) is 11.6 Å². The molecule has 1 saturated heterocycles. The number of fused-ring (bicyclic) bond motifs is 1. The number of sulfonamides is 1. The van der Waals surface area contributed by atoms with E-state index in [1.54, 1.807) is 4.90 Å². The van der Waals surface area contributed by atoms with Crippen LogP contribution >= 0.6 is 11.6 Å². The molecule has 4 heterocycles. The largest absolute Gasteiger partial charge is 0.435 e. The van der Waals surface area contributed by atoms with Gasteiger partial charge < -0.3 is 9.80 Å². The first-order valence-electron chi connectivity index (χ1n) is 13.5. The van der Waals surface area contributed by atoms with Gasteiger partial charge in [-0.3, -0.25) is 14.2 Å². The molecular formula is C28H23ClF5N7O3S. The highest BCUT2D eigenvalue weighted by Gasteiger charge is 2.38. The number of rotatable bonds is 6. The van der Waals surface area contributed by atoms with Crippen molar-refractivity contribution in [2.75, 3.05) is 27.6 Å². The summed E-state index contributed by atoms with van der Waals surface area (Å²) < 4.78 is 98.5. The molecule has 10 nitrogen and oxygen atoms in total. The third-order valence-electron chi connectivity index (χ3n) is 7.61. The molecule has 0 bridgehead atoms. The van der Waals surface area contributed by atoms with Crippen molar-refractivity contribution in [2.24, 2.45) is 7.05 Å². The molecule has 0 aliphatic carbocycles. The monoisotopic (exact) mass is 667 g/mol. The number of alkyl halides is 3. The average Bonchev–Trinajstić information content (AvgIpc) is 3.67. The van der Waals surface area contributed by atoms with Crippen LogP contribution in [0.3, 0.4) is 0 Å². The number of benzene rings is 2. The second-order valence-electron chi connectivity index (χ2n) is 10.7. The summed E-state index contributed by atoms with van der Waals surface area (Å²) in [6.07, 6.45) is -1.18. The summed E-state index contributed by atoms with van der Waals surface area (Å²) in [5.74, 6) is -2.82. The first-order chi connectivity index (χ1) is 21.1. The van der Waals surface area contributed by atoms with E-state index in [-0.39, 0.29) is 57.6 Å². The number of amides is 1. The first kappa shape index (κ1) is 30.7. The lowest BCUT2D eigenvalue weighted by Gasteiger charge is -2.26. The van der Waals surface area contributed by atoms with Gasteiger partial charge in [0.1, 0.15) is 5.69 Å². The van der Waals surface area contributed by atoms with E-state index < -0.39 is 39.2 Å². The molecule has 0 spiro atoms. The Balaban J connectivity index is 1.41. The topological polar surface area (TPSA) is 113 Å². The molecule has 4 aromatic rings. The molecule has 45 heavy (non-hydrogen) atoms. The van der Waals surface area contributed by atoms with Gasteiger partial charge in [-0.25, -0.2) is 27.2 Å². The van der Waals surface area contributed by atoms with Crippen molar-refractivity contribution in [1.82, 2.24) is 19.7 Å². The van der Waals surface area contributed by atoms with Crippen LogP contribution in [0.2, 0.25) is 5.02 Å². The van der Waals surface area contributed by atoms with Crippen molar-refractivity contribution in [1.29, 1.82) is 0 Å². The molecule has 236 valence electrons. The fourth-order valence-electron chi connectivity index (χ4n) is 5.49. The van der Waals surface area contributed by atoms with E-state index >= 15 is 0 Å². The number of carbonyl (C=O) groups excluding carboxylic acids is 1. The van der Waals surface area contributed by atoms with Crippen molar-refractivity contribution in [2.45, 2.75) is 36.8 Å². The lowest BCUT2D eigenvalue weighted by atomic mass is 10.0. The van der Waals surface area contributed by atoms with Gasteiger partial charge in [-0.15, -0.1) is 0 Å². The molecule has 1 N–H and O–H groups in total. The molecule has 2 aromatic carbocycles. The summed E-state index contributed by atoms with van der Waals surface area (Å²) in [6.45, 7) is 2.39. The van der Waals surface area contributed by atoms with Crippen molar-refractivity contribution >= 4 is 50.5 Å². The van der Waals surface area contributed by atoms with Crippen LogP contribution in [0.5, 0.6) is 0 Å². The van der Waals surface area contributed by atoms with Crippen LogP contribution < -0.4 is 14.5 Å². The van der Waals surface area contributed by atoms with E-state index in [1.165, 1.54) is 36.5 Å². The maximum absolute atomic E-state index is 14.5. The Labute approximate surface area is 258 Å². The van der Waals surface area contributed by atoms with E-state index in [9.17, 15) is 35.2 Å². The molecule has 2 aliphatic rings. The third kappa shape index (κ3) is 5.56. The number of hydrogen-bond donors (Lipinski definition) is 1. The predicted octanol–water partition coefficient (Wildman–Crippen LogP) is 6.01. The Morgan fingerprint density at radius 2 is 1.69 bits per heavy atom. The van der Waals surface area contributed by atoms with Gasteiger partial charge in [0.15, 0.2) is 17.3 Å². The van der Waals surface area contributed by atoms with Crippen LogP contribution in [-0.4, -0.2) is 47.2 Å². The van der Waals surface area contributed by atoms with Crippen molar-refractivity contribution in [3.05, 3.63) is 70.6 Å². The molecule has 0 radical (unpaired) electrons. The van der Waals surface area contributed by atoms with Crippen molar-refractivity contribution < 1.29 is 35.2 Å². The summed E-state index contributed by atoms with van der Waals surface area (Å²) >= 11 is 5.67. The lowest BCUT2D eigenvalue weighted by Crippen LogP contribution is -2.27. The number of nitrogens with zero attached hydrogens (tertiary/aromatic N) is 6. The number of carbonyl (C=O) groups is 1. The Kier molecular flexibility index (Phi) is 7.47. The maximum Gasteiger partial charge on any atom is 0.435 e. The zero-order valence-electron chi connectivity index (χ0n) is 23.5. The minimum Gasteiger partial charge on any atom is -0.310 e. The molecule has 2 aromatic heterocycles. The van der Waals surface area contributed by atoms with E-state index in [0.29, 0.717) is 24.2 Å². The third-order valence-corrected chi connectivity index (χ3v) is 9.16. The quantitative estimate of drug-likeness (QED) is 0.251. The molecule has 1 atom stereocenters. The zero-order valence-corrected chi connectivity index (χ0v) is 25.1. The first-order valence-corrected chi connectivity index (χ1v) is 15.4. The lowest BCUT2D eigenvalue weighted by molar-refractivity contribution is -0.141. The number of nitrogens with one attached hydrogen (secondary N) is 1. The van der Waals surface area contributed by atoms with E-state index in [4.69, 9.17) is 11.6 Å². The second-order valence-corrected chi connectivity index (χ2v) is 12.8. The molecular weight excluding hydrogens is 645 g/mol. The van der Waals surface area contributed by atoms with Gasteiger partial charge in [-0.2, -0.15) is 18.3 Å². The average molecular weight is 668 g/mol. The van der Waals surface area contributed by atoms with E-state index in [1.807, 2.05) is 11.6 Å². The summed E-state index contributed by atoms with van der Waals surface area (Å²) in [6, 6.07) is 5.05. The summed E-state index contributed by atoms with van der Waals surface area (Å²) in [7, 11) is -3.20. The predicted molar refractivity (Wildman–Crippen MR) is 155 cm³/mol. The molecule has 0 unspecified atom stereocenters. The van der Waals surface area contributed by atoms with Crippen LogP contribution in [0.4, 0.5) is 45.0 Å². The summed E-state index contributed by atoms with van der Waals surface area (Å²) in [4.78, 5) is 24.5. The van der Waals surface area contributed by atoms with Gasteiger partial charge >= 0.3 is 6.18 Å².